The van der Waals surface area contributed by atoms with Crippen molar-refractivity contribution in [1.29, 1.82) is 0 Å². The number of hydrogen-bond acceptors (Lipinski definition) is 3. The molecule has 0 bridgehead atoms. The fourth-order valence-corrected chi connectivity index (χ4v) is 1.66. The molecule has 2 heterocycles. The highest BCUT2D eigenvalue weighted by atomic mass is 16.6. The summed E-state index contributed by atoms with van der Waals surface area (Å²) < 4.78 is 5.12. The van der Waals surface area contributed by atoms with Crippen LogP contribution >= 0.6 is 0 Å². The van der Waals surface area contributed by atoms with E-state index in [2.05, 4.69) is 4.90 Å². The number of β-amino-alcohol motifs (C(OH)–C–C–N with tert-alkyl or cyclic N) is 1. The molecule has 2 fully saturated rings. The zero-order valence-corrected chi connectivity index (χ0v) is 6.92. The molecule has 0 spiro atoms. The predicted molar refractivity (Wildman–Crippen MR) is 41.4 cm³/mol. The van der Waals surface area contributed by atoms with Crippen LogP contribution in [0.1, 0.15) is 13.3 Å². The first-order valence-electron chi connectivity index (χ1n) is 4.22. The molecule has 64 valence electrons. The molecule has 11 heavy (non-hydrogen) atoms. The van der Waals surface area contributed by atoms with Crippen molar-refractivity contribution in [2.75, 3.05) is 26.2 Å². The second kappa shape index (κ2) is 2.44. The topological polar surface area (TPSA) is 36.0 Å². The van der Waals surface area contributed by atoms with E-state index < -0.39 is 5.60 Å². The van der Waals surface area contributed by atoms with Gasteiger partial charge in [-0.25, -0.2) is 0 Å². The van der Waals surface area contributed by atoms with E-state index in [1.54, 1.807) is 0 Å². The van der Waals surface area contributed by atoms with Crippen molar-refractivity contribution in [2.45, 2.75) is 25.0 Å². The van der Waals surface area contributed by atoms with Crippen molar-refractivity contribution in [2.24, 2.45) is 0 Å². The second-order valence-corrected chi connectivity index (χ2v) is 3.94. The van der Waals surface area contributed by atoms with Gasteiger partial charge in [-0.3, -0.25) is 4.90 Å². The largest absolute Gasteiger partial charge is 0.389 e. The molecule has 1 N–H and O–H groups in total. The molecule has 3 nitrogen and oxygen atoms in total. The van der Waals surface area contributed by atoms with Crippen LogP contribution in [0.5, 0.6) is 0 Å². The summed E-state index contributed by atoms with van der Waals surface area (Å²) in [5.74, 6) is 0. The van der Waals surface area contributed by atoms with Crippen LogP contribution in [0.4, 0.5) is 0 Å². The summed E-state index contributed by atoms with van der Waals surface area (Å²) in [5, 5.41) is 9.62. The van der Waals surface area contributed by atoms with Gasteiger partial charge in [-0.1, -0.05) is 0 Å². The molecule has 0 aromatic carbocycles. The first-order valence-corrected chi connectivity index (χ1v) is 4.22. The third-order valence-corrected chi connectivity index (χ3v) is 2.40. The van der Waals surface area contributed by atoms with E-state index in [4.69, 9.17) is 4.74 Å². The van der Waals surface area contributed by atoms with Gasteiger partial charge in [-0.15, -0.1) is 0 Å². The van der Waals surface area contributed by atoms with E-state index in [1.165, 1.54) is 0 Å². The fraction of sp³-hybridized carbons (Fsp3) is 1.00. The Kier molecular flexibility index (Phi) is 1.67. The molecule has 0 aliphatic carbocycles. The maximum Gasteiger partial charge on any atom is 0.0936 e. The zero-order chi connectivity index (χ0) is 7.90. The first kappa shape index (κ1) is 7.53. The minimum absolute atomic E-state index is 0.450. The smallest absolute Gasteiger partial charge is 0.0936 e. The van der Waals surface area contributed by atoms with Gasteiger partial charge >= 0.3 is 0 Å². The van der Waals surface area contributed by atoms with Crippen LogP contribution in [0.2, 0.25) is 0 Å². The molecule has 2 rings (SSSR count). The van der Waals surface area contributed by atoms with Crippen LogP contribution in [0.15, 0.2) is 0 Å². The van der Waals surface area contributed by atoms with Crippen LogP contribution in [-0.4, -0.2) is 48.0 Å². The maximum absolute atomic E-state index is 9.62. The molecule has 3 heteroatoms. The average Bonchev–Trinajstić information content (AvgIpc) is 2.61. The summed E-state index contributed by atoms with van der Waals surface area (Å²) in [6.07, 6.45) is 1.36. The van der Waals surface area contributed by atoms with E-state index in [0.29, 0.717) is 6.10 Å². The molecule has 2 unspecified atom stereocenters. The van der Waals surface area contributed by atoms with E-state index in [0.717, 1.165) is 32.7 Å². The number of ether oxygens (including phenoxy) is 1. The van der Waals surface area contributed by atoms with Crippen molar-refractivity contribution in [3.8, 4) is 0 Å². The van der Waals surface area contributed by atoms with Crippen LogP contribution < -0.4 is 0 Å². The highest BCUT2D eigenvalue weighted by molar-refractivity contribution is 4.88. The van der Waals surface area contributed by atoms with Gasteiger partial charge in [0.25, 0.3) is 0 Å². The number of hydrogen-bond donors (Lipinski definition) is 1. The van der Waals surface area contributed by atoms with Crippen molar-refractivity contribution < 1.29 is 9.84 Å². The third-order valence-electron chi connectivity index (χ3n) is 2.40. The van der Waals surface area contributed by atoms with Gasteiger partial charge in [0, 0.05) is 19.6 Å². The average molecular weight is 157 g/mol. The molecule has 0 aromatic heterocycles. The van der Waals surface area contributed by atoms with Crippen molar-refractivity contribution >= 4 is 0 Å². The molecule has 0 saturated carbocycles. The summed E-state index contributed by atoms with van der Waals surface area (Å²) in [6.45, 7) is 5.66. The number of likely N-dealkylation sites (tertiary alicyclic amines) is 1. The van der Waals surface area contributed by atoms with Crippen LogP contribution in [0.25, 0.3) is 0 Å². The Morgan fingerprint density at radius 2 is 2.45 bits per heavy atom. The van der Waals surface area contributed by atoms with E-state index in [1.807, 2.05) is 6.92 Å². The Labute approximate surface area is 66.9 Å². The van der Waals surface area contributed by atoms with Gasteiger partial charge < -0.3 is 9.84 Å². The third kappa shape index (κ3) is 1.92. The van der Waals surface area contributed by atoms with Gasteiger partial charge in [-0.05, 0) is 13.3 Å². The quantitative estimate of drug-likeness (QED) is 0.566. The molecule has 2 saturated heterocycles. The normalized spacial score (nSPS) is 44.7. The lowest BCUT2D eigenvalue weighted by molar-refractivity contribution is 0.0679. The van der Waals surface area contributed by atoms with Crippen molar-refractivity contribution in [1.82, 2.24) is 4.90 Å². The van der Waals surface area contributed by atoms with Gasteiger partial charge in [0.15, 0.2) is 0 Å². The number of epoxide rings is 1. The lowest BCUT2D eigenvalue weighted by Crippen LogP contribution is -2.31. The van der Waals surface area contributed by atoms with E-state index in [9.17, 15) is 5.11 Å². The molecule has 2 aliphatic rings. The summed E-state index contributed by atoms with van der Waals surface area (Å²) in [4.78, 5) is 2.28. The number of nitrogens with zero attached hydrogens (tertiary/aromatic N) is 1. The van der Waals surface area contributed by atoms with Crippen molar-refractivity contribution in [3.05, 3.63) is 0 Å². The fourth-order valence-electron chi connectivity index (χ4n) is 1.66. The Morgan fingerprint density at radius 3 is 2.91 bits per heavy atom. The number of rotatable bonds is 2. The van der Waals surface area contributed by atoms with E-state index in [-0.39, 0.29) is 0 Å². The minimum atomic E-state index is -0.450. The van der Waals surface area contributed by atoms with Crippen LogP contribution in [-0.2, 0) is 4.74 Å². The Balaban J connectivity index is 1.79. The zero-order valence-electron chi connectivity index (χ0n) is 6.92. The highest BCUT2D eigenvalue weighted by Gasteiger charge is 2.34. The minimum Gasteiger partial charge on any atom is -0.389 e. The molecule has 0 aromatic rings. The Hall–Kier alpha value is -0.120. The molecular formula is C8H15NO2. The lowest BCUT2D eigenvalue weighted by Gasteiger charge is -2.17. The van der Waals surface area contributed by atoms with Gasteiger partial charge in [0.2, 0.25) is 0 Å². The SMILES string of the molecule is CC1(O)CCN(CC2CO2)C1. The molecule has 2 aliphatic heterocycles. The second-order valence-electron chi connectivity index (χ2n) is 3.94. The molecule has 0 amide bonds. The molecule has 2 atom stereocenters. The lowest BCUT2D eigenvalue weighted by atomic mass is 10.1. The van der Waals surface area contributed by atoms with Crippen LogP contribution in [0.3, 0.4) is 0 Å². The number of aliphatic hydroxyl groups is 1. The monoisotopic (exact) mass is 157 g/mol. The summed E-state index contributed by atoms with van der Waals surface area (Å²) >= 11 is 0. The predicted octanol–water partition coefficient (Wildman–Crippen LogP) is -0.158. The summed E-state index contributed by atoms with van der Waals surface area (Å²) in [7, 11) is 0. The van der Waals surface area contributed by atoms with Gasteiger partial charge in [-0.2, -0.15) is 0 Å². The summed E-state index contributed by atoms with van der Waals surface area (Å²) in [5.41, 5.74) is -0.450. The van der Waals surface area contributed by atoms with Crippen molar-refractivity contribution in [3.63, 3.8) is 0 Å². The molecular weight excluding hydrogens is 142 g/mol. The summed E-state index contributed by atoms with van der Waals surface area (Å²) in [6, 6.07) is 0. The Morgan fingerprint density at radius 1 is 1.73 bits per heavy atom. The maximum atomic E-state index is 9.62. The van der Waals surface area contributed by atoms with E-state index >= 15 is 0 Å². The van der Waals surface area contributed by atoms with Gasteiger partial charge in [0.1, 0.15) is 0 Å². The highest BCUT2D eigenvalue weighted by Crippen LogP contribution is 2.22. The molecule has 0 radical (unpaired) electrons. The van der Waals surface area contributed by atoms with Crippen LogP contribution in [0, 0.1) is 0 Å². The Bertz CT molecular complexity index is 154. The first-order chi connectivity index (χ1) is 5.16. The standard InChI is InChI=1S/C8H15NO2/c1-8(10)2-3-9(6-8)4-7-5-11-7/h7,10H,2-6H2,1H3. The van der Waals surface area contributed by atoms with Gasteiger partial charge in [0.05, 0.1) is 18.3 Å².